The highest BCUT2D eigenvalue weighted by Gasteiger charge is 2.21. The molecule has 2 rings (SSSR count). The summed E-state index contributed by atoms with van der Waals surface area (Å²) in [6.07, 6.45) is -1.82. The van der Waals surface area contributed by atoms with Gasteiger partial charge in [-0.2, -0.15) is 0 Å². The van der Waals surface area contributed by atoms with Crippen LogP contribution in [-0.2, 0) is 6.54 Å². The second-order valence-electron chi connectivity index (χ2n) is 4.97. The van der Waals surface area contributed by atoms with Crippen LogP contribution in [0.4, 0.5) is 5.69 Å². The van der Waals surface area contributed by atoms with Crippen LogP contribution in [0.15, 0.2) is 54.6 Å². The number of benzene rings is 2. The molecule has 21 heavy (non-hydrogen) atoms. The number of ether oxygens (including phenoxy) is 1. The van der Waals surface area contributed by atoms with Crippen molar-refractivity contribution in [1.29, 1.82) is 0 Å². The van der Waals surface area contributed by atoms with Crippen molar-refractivity contribution in [2.75, 3.05) is 12.0 Å². The van der Waals surface area contributed by atoms with E-state index in [2.05, 4.69) is 0 Å². The van der Waals surface area contributed by atoms with Crippen molar-refractivity contribution >= 4 is 5.69 Å². The zero-order chi connectivity index (χ0) is 15.2. The Bertz CT molecular complexity index is 540. The number of aliphatic hydroxyl groups is 2. The van der Waals surface area contributed by atoms with Crippen molar-refractivity contribution in [3.63, 3.8) is 0 Å². The molecule has 2 aromatic carbocycles. The van der Waals surface area contributed by atoms with E-state index in [4.69, 9.17) is 4.74 Å². The van der Waals surface area contributed by atoms with Gasteiger partial charge in [0, 0.05) is 12.2 Å². The molecule has 2 atom stereocenters. The van der Waals surface area contributed by atoms with Gasteiger partial charge in [0.2, 0.25) is 0 Å². The summed E-state index contributed by atoms with van der Waals surface area (Å²) in [5.41, 5.74) is 1.89. The maximum Gasteiger partial charge on any atom is 0.153 e. The zero-order valence-electron chi connectivity index (χ0n) is 12.3. The Kier molecular flexibility index (Phi) is 5.20. The molecule has 2 N–H and O–H groups in total. The Labute approximate surface area is 125 Å². The molecule has 0 aromatic heterocycles. The lowest BCUT2D eigenvalue weighted by Crippen LogP contribution is -2.42. The average molecular weight is 287 g/mol. The molecule has 112 valence electrons. The van der Waals surface area contributed by atoms with Crippen molar-refractivity contribution in [2.24, 2.45) is 0 Å². The van der Waals surface area contributed by atoms with E-state index < -0.39 is 12.3 Å². The molecule has 0 aliphatic heterocycles. The Balaban J connectivity index is 2.26. The molecular weight excluding hydrogens is 266 g/mol. The lowest BCUT2D eigenvalue weighted by molar-refractivity contribution is 0.0283. The summed E-state index contributed by atoms with van der Waals surface area (Å²) < 4.78 is 5.14. The number of methoxy groups -OCH3 is 1. The molecule has 0 spiro atoms. The Hall–Kier alpha value is -2.04. The van der Waals surface area contributed by atoms with Crippen LogP contribution >= 0.6 is 0 Å². The van der Waals surface area contributed by atoms with Crippen LogP contribution in [0.1, 0.15) is 12.5 Å². The topological polar surface area (TPSA) is 52.9 Å². The lowest BCUT2D eigenvalue weighted by Gasteiger charge is -2.32. The molecule has 0 radical (unpaired) electrons. The van der Waals surface area contributed by atoms with Gasteiger partial charge in [-0.15, -0.1) is 0 Å². The first-order valence-corrected chi connectivity index (χ1v) is 6.92. The fourth-order valence-electron chi connectivity index (χ4n) is 2.15. The zero-order valence-corrected chi connectivity index (χ0v) is 12.3. The summed E-state index contributed by atoms with van der Waals surface area (Å²) in [7, 11) is 1.61. The van der Waals surface area contributed by atoms with Crippen LogP contribution in [0.25, 0.3) is 0 Å². The monoisotopic (exact) mass is 287 g/mol. The molecule has 2 aromatic rings. The summed E-state index contributed by atoms with van der Waals surface area (Å²) in [4.78, 5) is 1.76. The second kappa shape index (κ2) is 7.11. The average Bonchev–Trinajstić information content (AvgIpc) is 2.53. The number of nitrogens with zero attached hydrogens (tertiary/aromatic N) is 1. The van der Waals surface area contributed by atoms with Crippen LogP contribution in [0.5, 0.6) is 5.75 Å². The van der Waals surface area contributed by atoms with E-state index in [1.165, 1.54) is 0 Å². The molecular formula is C17H21NO3. The number of rotatable bonds is 6. The maximum absolute atomic E-state index is 10.3. The first-order valence-electron chi connectivity index (χ1n) is 6.92. The minimum Gasteiger partial charge on any atom is -0.497 e. The lowest BCUT2D eigenvalue weighted by atomic mass is 10.1. The molecule has 0 amide bonds. The van der Waals surface area contributed by atoms with Crippen LogP contribution in [-0.4, -0.2) is 29.7 Å². The van der Waals surface area contributed by atoms with Crippen LogP contribution in [0, 0.1) is 0 Å². The third kappa shape index (κ3) is 3.97. The van der Waals surface area contributed by atoms with E-state index in [1.807, 2.05) is 54.6 Å². The third-order valence-electron chi connectivity index (χ3n) is 3.35. The smallest absolute Gasteiger partial charge is 0.153 e. The van der Waals surface area contributed by atoms with E-state index in [9.17, 15) is 10.2 Å². The van der Waals surface area contributed by atoms with Crippen LogP contribution < -0.4 is 9.64 Å². The molecule has 4 nitrogen and oxygen atoms in total. The molecule has 0 fully saturated rings. The normalized spacial score (nSPS) is 13.5. The van der Waals surface area contributed by atoms with Crippen LogP contribution in [0.2, 0.25) is 0 Å². The first kappa shape index (κ1) is 15.4. The number of aliphatic hydroxyl groups excluding tert-OH is 2. The maximum atomic E-state index is 10.3. The number of hydrogen-bond donors (Lipinski definition) is 2. The highest BCUT2D eigenvalue weighted by atomic mass is 16.5. The summed E-state index contributed by atoms with van der Waals surface area (Å²) in [5, 5.41) is 20.0. The Morgan fingerprint density at radius 2 is 1.62 bits per heavy atom. The number of anilines is 1. The third-order valence-corrected chi connectivity index (χ3v) is 3.35. The van der Waals surface area contributed by atoms with E-state index in [0.717, 1.165) is 17.0 Å². The minimum atomic E-state index is -0.974. The minimum absolute atomic E-state index is 0.513. The van der Waals surface area contributed by atoms with Gasteiger partial charge in [-0.05, 0) is 36.8 Å². The van der Waals surface area contributed by atoms with E-state index in [0.29, 0.717) is 6.54 Å². The molecule has 0 aliphatic rings. The summed E-state index contributed by atoms with van der Waals surface area (Å²) in [6.45, 7) is 2.09. The molecule has 0 heterocycles. The SMILES string of the molecule is COc1ccc(N(Cc2ccccc2)C(O)C(C)O)cc1. The standard InChI is InChI=1S/C17H21NO3/c1-13(19)17(20)18(12-14-6-4-3-5-7-14)15-8-10-16(21-2)11-9-15/h3-11,13,17,19-20H,12H2,1-2H3. The quantitative estimate of drug-likeness (QED) is 0.801. The predicted molar refractivity (Wildman–Crippen MR) is 83.3 cm³/mol. The molecule has 4 heteroatoms. The van der Waals surface area contributed by atoms with Gasteiger partial charge < -0.3 is 19.8 Å². The van der Waals surface area contributed by atoms with Gasteiger partial charge in [-0.3, -0.25) is 0 Å². The van der Waals surface area contributed by atoms with Gasteiger partial charge in [0.05, 0.1) is 13.2 Å². The second-order valence-corrected chi connectivity index (χ2v) is 4.97. The predicted octanol–water partition coefficient (Wildman–Crippen LogP) is 2.40. The van der Waals surface area contributed by atoms with Crippen molar-refractivity contribution in [1.82, 2.24) is 0 Å². The fraction of sp³-hybridized carbons (Fsp3) is 0.294. The molecule has 0 saturated carbocycles. The molecule has 0 aliphatic carbocycles. The number of hydrogen-bond acceptors (Lipinski definition) is 4. The van der Waals surface area contributed by atoms with Crippen molar-refractivity contribution in [2.45, 2.75) is 25.8 Å². The van der Waals surface area contributed by atoms with Gasteiger partial charge >= 0.3 is 0 Å². The summed E-state index contributed by atoms with van der Waals surface area (Å²) in [6, 6.07) is 17.3. The fourth-order valence-corrected chi connectivity index (χ4v) is 2.15. The van der Waals surface area contributed by atoms with Crippen molar-refractivity contribution in [3.05, 3.63) is 60.2 Å². The highest BCUT2D eigenvalue weighted by molar-refractivity contribution is 5.50. The van der Waals surface area contributed by atoms with E-state index >= 15 is 0 Å². The van der Waals surface area contributed by atoms with Gasteiger partial charge in [-0.1, -0.05) is 30.3 Å². The van der Waals surface area contributed by atoms with E-state index in [-0.39, 0.29) is 0 Å². The van der Waals surface area contributed by atoms with Crippen molar-refractivity contribution < 1.29 is 14.9 Å². The van der Waals surface area contributed by atoms with Gasteiger partial charge in [0.1, 0.15) is 5.75 Å². The Morgan fingerprint density at radius 1 is 1.00 bits per heavy atom. The molecule has 2 unspecified atom stereocenters. The van der Waals surface area contributed by atoms with Gasteiger partial charge in [0.25, 0.3) is 0 Å². The highest BCUT2D eigenvalue weighted by Crippen LogP contribution is 2.23. The summed E-state index contributed by atoms with van der Waals surface area (Å²) in [5.74, 6) is 0.755. The summed E-state index contributed by atoms with van der Waals surface area (Å²) >= 11 is 0. The van der Waals surface area contributed by atoms with Crippen LogP contribution in [0.3, 0.4) is 0 Å². The molecule has 0 saturated heterocycles. The largest absolute Gasteiger partial charge is 0.497 e. The van der Waals surface area contributed by atoms with Crippen molar-refractivity contribution in [3.8, 4) is 5.75 Å². The van der Waals surface area contributed by atoms with Gasteiger partial charge in [-0.25, -0.2) is 0 Å². The van der Waals surface area contributed by atoms with Gasteiger partial charge in [0.15, 0.2) is 6.23 Å². The molecule has 0 bridgehead atoms. The Morgan fingerprint density at radius 3 is 2.14 bits per heavy atom. The van der Waals surface area contributed by atoms with E-state index in [1.54, 1.807) is 18.9 Å². The first-order chi connectivity index (χ1) is 10.1.